The van der Waals surface area contributed by atoms with Gasteiger partial charge in [0.15, 0.2) is 5.82 Å². The minimum absolute atomic E-state index is 0.0102. The van der Waals surface area contributed by atoms with Crippen LogP contribution >= 0.6 is 0 Å². The fourth-order valence-electron chi connectivity index (χ4n) is 2.89. The fraction of sp³-hybridized carbons (Fsp3) is 0.615. The smallest absolute Gasteiger partial charge is 0.269 e. The Labute approximate surface area is 132 Å². The van der Waals surface area contributed by atoms with Crippen molar-refractivity contribution < 1.29 is 14.2 Å². The van der Waals surface area contributed by atoms with Crippen molar-refractivity contribution in [2.24, 2.45) is 4.99 Å². The number of imide groups is 1. The van der Waals surface area contributed by atoms with E-state index < -0.39 is 12.1 Å². The van der Waals surface area contributed by atoms with Gasteiger partial charge in [0.1, 0.15) is 0 Å². The molecule has 1 atom stereocenters. The lowest BCUT2D eigenvalue weighted by Gasteiger charge is -2.32. The van der Waals surface area contributed by atoms with Gasteiger partial charge in [0.2, 0.25) is 0 Å². The van der Waals surface area contributed by atoms with Crippen LogP contribution in [0.1, 0.15) is 32.5 Å². The van der Waals surface area contributed by atoms with E-state index in [9.17, 15) is 9.59 Å². The number of aromatic amines is 1. The molecule has 1 aromatic heterocycles. The molecule has 0 bridgehead atoms. The summed E-state index contributed by atoms with van der Waals surface area (Å²) in [5, 5.41) is 13.4. The second-order valence-electron chi connectivity index (χ2n) is 5.43. The normalized spacial score (nSPS) is 21.2. The van der Waals surface area contributed by atoms with E-state index in [0.29, 0.717) is 24.6 Å². The monoisotopic (exact) mass is 319 g/mol. The zero-order chi connectivity index (χ0) is 16.6. The number of rotatable bonds is 5. The topological polar surface area (TPSA) is 110 Å². The van der Waals surface area contributed by atoms with Crippen LogP contribution in [0.5, 0.6) is 0 Å². The summed E-state index contributed by atoms with van der Waals surface area (Å²) in [5.41, 5.74) is 0. The molecule has 1 aromatic rings. The van der Waals surface area contributed by atoms with Gasteiger partial charge >= 0.3 is 6.03 Å². The highest BCUT2D eigenvalue weighted by molar-refractivity contribution is 6.22. The average molecular weight is 319 g/mol. The third-order valence-corrected chi connectivity index (χ3v) is 3.96. The maximum absolute atomic E-state index is 12.9. The third-order valence-electron chi connectivity index (χ3n) is 3.96. The number of carbonyl (C=O) groups is 2. The van der Waals surface area contributed by atoms with E-state index in [1.807, 2.05) is 18.4 Å². The Morgan fingerprint density at radius 1 is 1.30 bits per heavy atom. The number of H-pyrrole nitrogens is 1. The largest absolute Gasteiger partial charge is 0.334 e. The molecule has 2 aliphatic heterocycles. The Balaban J connectivity index is 1.95. The predicted octanol–water partition coefficient (Wildman–Crippen LogP) is -0.395. The molecule has 1 unspecified atom stereocenters. The Kier molecular flexibility index (Phi) is 3.89. The first-order valence-corrected chi connectivity index (χ1v) is 7.60. The van der Waals surface area contributed by atoms with Gasteiger partial charge in [-0.2, -0.15) is 5.21 Å². The van der Waals surface area contributed by atoms with Crippen LogP contribution < -0.4 is 0 Å². The molecule has 23 heavy (non-hydrogen) atoms. The molecule has 3 rings (SSSR count). The summed E-state index contributed by atoms with van der Waals surface area (Å²) in [7, 11) is 1.63. The number of amides is 3. The number of hydrogen-bond acceptors (Lipinski definition) is 6. The Hall–Kier alpha value is -2.65. The molecule has 0 aliphatic carbocycles. The highest BCUT2D eigenvalue weighted by Gasteiger charge is 2.53. The van der Waals surface area contributed by atoms with Crippen molar-refractivity contribution in [3.63, 3.8) is 0 Å². The zero-order valence-electron chi connectivity index (χ0n) is 13.4. The number of aliphatic imine (C=N–C) groups is 1. The van der Waals surface area contributed by atoms with E-state index in [2.05, 4.69) is 25.6 Å². The molecule has 3 heterocycles. The van der Waals surface area contributed by atoms with Crippen molar-refractivity contribution in [2.75, 3.05) is 13.6 Å². The van der Waals surface area contributed by atoms with E-state index in [-0.39, 0.29) is 12.5 Å². The maximum atomic E-state index is 12.9. The number of fused-ring (bicyclic) bond motifs is 1. The molecule has 3 amide bonds. The molecule has 0 aromatic carbocycles. The van der Waals surface area contributed by atoms with E-state index in [0.717, 1.165) is 17.2 Å². The first kappa shape index (κ1) is 15.3. The maximum Gasteiger partial charge on any atom is 0.334 e. The molecule has 122 valence electrons. The van der Waals surface area contributed by atoms with Gasteiger partial charge in [-0.05, 0) is 11.4 Å². The van der Waals surface area contributed by atoms with Crippen LogP contribution in [0, 0.1) is 0 Å². The lowest BCUT2D eigenvalue weighted by atomic mass is 10.1. The van der Waals surface area contributed by atoms with Gasteiger partial charge in [0.25, 0.3) is 23.6 Å². The number of aromatic nitrogens is 4. The lowest BCUT2D eigenvalue weighted by Crippen LogP contribution is -2.62. The van der Waals surface area contributed by atoms with Crippen molar-refractivity contribution >= 4 is 23.6 Å². The van der Waals surface area contributed by atoms with Gasteiger partial charge < -0.3 is 0 Å². The lowest BCUT2D eigenvalue weighted by molar-refractivity contribution is -0.536. The summed E-state index contributed by atoms with van der Waals surface area (Å²) >= 11 is 0. The molecule has 1 fully saturated rings. The van der Waals surface area contributed by atoms with Crippen LogP contribution in [0.2, 0.25) is 0 Å². The van der Waals surface area contributed by atoms with Crippen molar-refractivity contribution in [1.82, 2.24) is 30.4 Å². The van der Waals surface area contributed by atoms with Crippen LogP contribution in [-0.2, 0) is 11.3 Å². The van der Waals surface area contributed by atoms with Crippen molar-refractivity contribution in [2.45, 2.75) is 39.3 Å². The number of amidine groups is 2. The van der Waals surface area contributed by atoms with Gasteiger partial charge in [-0.3, -0.25) is 14.6 Å². The Morgan fingerprint density at radius 3 is 2.70 bits per heavy atom. The number of likely N-dealkylation sites (N-methyl/N-ethyl adjacent to an activating group) is 1. The van der Waals surface area contributed by atoms with Gasteiger partial charge in [-0.1, -0.05) is 19.1 Å². The van der Waals surface area contributed by atoms with Gasteiger partial charge in [0, 0.05) is 7.05 Å². The van der Waals surface area contributed by atoms with E-state index >= 15 is 0 Å². The van der Waals surface area contributed by atoms with Crippen LogP contribution in [0.25, 0.3) is 0 Å². The molecule has 0 spiro atoms. The van der Waals surface area contributed by atoms with Gasteiger partial charge in [0.05, 0.1) is 19.5 Å². The molecule has 0 saturated carbocycles. The van der Waals surface area contributed by atoms with Crippen LogP contribution in [-0.4, -0.2) is 78.2 Å². The van der Waals surface area contributed by atoms with Crippen LogP contribution in [0.4, 0.5) is 4.79 Å². The SMILES string of the molecule is CCC[N+]1=C(CC)N=C2C1C(=O)N(Cc1nn[nH]n1)C(=O)N2C. The van der Waals surface area contributed by atoms with Crippen molar-refractivity contribution in [3.8, 4) is 0 Å². The third kappa shape index (κ3) is 2.39. The Morgan fingerprint density at radius 2 is 2.09 bits per heavy atom. The highest BCUT2D eigenvalue weighted by atomic mass is 16.2. The van der Waals surface area contributed by atoms with Crippen molar-refractivity contribution in [3.05, 3.63) is 5.82 Å². The standard InChI is InChI=1S/C13H19N8O2/c1-4-6-20-9(5-2)14-11-10(20)12(22)21(13(23)19(11)3)7-8-15-17-18-16-8/h10H,4-7H2,1-3H3,(H,15,16,17,18)/q+1. The summed E-state index contributed by atoms with van der Waals surface area (Å²) in [6, 6.07) is -0.983. The van der Waals surface area contributed by atoms with E-state index in [1.165, 1.54) is 4.90 Å². The minimum Gasteiger partial charge on any atom is -0.269 e. The molecule has 0 radical (unpaired) electrons. The number of hydrogen-bond donors (Lipinski definition) is 1. The zero-order valence-corrected chi connectivity index (χ0v) is 13.4. The van der Waals surface area contributed by atoms with Crippen molar-refractivity contribution in [1.29, 1.82) is 0 Å². The predicted molar refractivity (Wildman–Crippen MR) is 79.8 cm³/mol. The van der Waals surface area contributed by atoms with E-state index in [4.69, 9.17) is 0 Å². The summed E-state index contributed by atoms with van der Waals surface area (Å²) in [6.45, 7) is 4.74. The first-order valence-electron chi connectivity index (χ1n) is 7.60. The number of tetrazole rings is 1. The molecule has 1 N–H and O–H groups in total. The number of nitrogens with zero attached hydrogens (tertiary/aromatic N) is 7. The minimum atomic E-state index is -0.556. The summed E-state index contributed by atoms with van der Waals surface area (Å²) in [6.07, 6.45) is 1.60. The van der Waals surface area contributed by atoms with Crippen LogP contribution in [0.15, 0.2) is 4.99 Å². The molecule has 2 aliphatic rings. The second kappa shape index (κ2) is 5.86. The number of urea groups is 1. The molecule has 10 nitrogen and oxygen atoms in total. The second-order valence-corrected chi connectivity index (χ2v) is 5.43. The molecule has 1 saturated heterocycles. The number of nitrogens with one attached hydrogen (secondary N) is 1. The first-order chi connectivity index (χ1) is 11.1. The Bertz CT molecular complexity index is 693. The molecular weight excluding hydrogens is 300 g/mol. The molecular formula is C13H19N8O2+. The fourth-order valence-corrected chi connectivity index (χ4v) is 2.89. The van der Waals surface area contributed by atoms with Crippen LogP contribution in [0.3, 0.4) is 0 Å². The van der Waals surface area contributed by atoms with Gasteiger partial charge in [-0.25, -0.2) is 9.37 Å². The summed E-state index contributed by atoms with van der Waals surface area (Å²) < 4.78 is 1.98. The molecule has 10 heteroatoms. The summed E-state index contributed by atoms with van der Waals surface area (Å²) in [5.74, 6) is 1.32. The van der Waals surface area contributed by atoms with E-state index in [1.54, 1.807) is 7.05 Å². The average Bonchev–Trinajstić information content (AvgIpc) is 3.17. The van der Waals surface area contributed by atoms with Gasteiger partial charge in [-0.15, -0.1) is 10.2 Å². The number of carbonyl (C=O) groups excluding carboxylic acids is 2. The summed E-state index contributed by atoms with van der Waals surface area (Å²) in [4.78, 5) is 32.5. The quantitative estimate of drug-likeness (QED) is 0.743. The highest BCUT2D eigenvalue weighted by Crippen LogP contribution is 2.21.